The molecule has 4 heteroatoms. The Hall–Kier alpha value is -1.65. The van der Waals surface area contributed by atoms with Crippen LogP contribution >= 0.6 is 15.9 Å². The van der Waals surface area contributed by atoms with Crippen molar-refractivity contribution in [2.24, 2.45) is 5.73 Å². The van der Waals surface area contributed by atoms with E-state index in [1.54, 1.807) is 0 Å². The minimum atomic E-state index is -0.340. The normalized spacial score (nSPS) is 11.9. The zero-order valence-electron chi connectivity index (χ0n) is 10.3. The Bertz CT molecular complexity index is 557. The maximum Gasteiger partial charge on any atom is 0.233 e. The third-order valence-electron chi connectivity index (χ3n) is 2.89. The number of hydrogen-bond acceptors (Lipinski definition) is 2. The molecule has 0 heterocycles. The number of amides is 1. The Kier molecular flexibility index (Phi) is 4.71. The molecule has 3 nitrogen and oxygen atoms in total. The molecule has 2 aromatic carbocycles. The lowest BCUT2D eigenvalue weighted by molar-refractivity contribution is -0.117. The van der Waals surface area contributed by atoms with Gasteiger partial charge in [0.25, 0.3) is 0 Å². The van der Waals surface area contributed by atoms with Crippen LogP contribution < -0.4 is 11.1 Å². The molecule has 0 aromatic heterocycles. The molecule has 1 amide bonds. The van der Waals surface area contributed by atoms with E-state index in [4.69, 9.17) is 5.73 Å². The summed E-state index contributed by atoms with van der Waals surface area (Å²) in [5.41, 5.74) is 7.40. The lowest BCUT2D eigenvalue weighted by atomic mass is 9.98. The first-order valence-electron chi connectivity index (χ1n) is 6.02. The molecule has 0 aliphatic heterocycles. The average molecular weight is 319 g/mol. The number of rotatable bonds is 4. The highest BCUT2D eigenvalue weighted by molar-refractivity contribution is 9.10. The van der Waals surface area contributed by atoms with Gasteiger partial charge < -0.3 is 11.1 Å². The third-order valence-corrected chi connectivity index (χ3v) is 3.58. The van der Waals surface area contributed by atoms with Gasteiger partial charge in [-0.15, -0.1) is 0 Å². The molecular formula is C15H15BrN2O. The van der Waals surface area contributed by atoms with E-state index in [0.29, 0.717) is 0 Å². The molecule has 1 unspecified atom stereocenters. The van der Waals surface area contributed by atoms with Gasteiger partial charge in [0.2, 0.25) is 5.91 Å². The first-order chi connectivity index (χ1) is 9.22. The topological polar surface area (TPSA) is 55.1 Å². The van der Waals surface area contributed by atoms with Crippen LogP contribution in [0, 0.1) is 0 Å². The second kappa shape index (κ2) is 6.50. The summed E-state index contributed by atoms with van der Waals surface area (Å²) < 4.78 is 0.854. The zero-order valence-corrected chi connectivity index (χ0v) is 11.9. The largest absolute Gasteiger partial charge is 0.329 e. The van der Waals surface area contributed by atoms with Crippen LogP contribution in [0.3, 0.4) is 0 Å². The van der Waals surface area contributed by atoms with Crippen molar-refractivity contribution in [3.05, 3.63) is 64.6 Å². The lowest BCUT2D eigenvalue weighted by Crippen LogP contribution is -2.27. The summed E-state index contributed by atoms with van der Waals surface area (Å²) in [6.45, 7) is 0.278. The van der Waals surface area contributed by atoms with Gasteiger partial charge in [-0.3, -0.25) is 4.79 Å². The highest BCUT2D eigenvalue weighted by atomic mass is 79.9. The van der Waals surface area contributed by atoms with Gasteiger partial charge in [-0.1, -0.05) is 42.5 Å². The van der Waals surface area contributed by atoms with Crippen LogP contribution in [-0.2, 0) is 4.79 Å². The second-order valence-electron chi connectivity index (χ2n) is 4.17. The summed E-state index contributed by atoms with van der Waals surface area (Å²) >= 11 is 3.41. The second-order valence-corrected chi connectivity index (χ2v) is 5.02. The van der Waals surface area contributed by atoms with E-state index in [2.05, 4.69) is 21.2 Å². The number of halogens is 1. The molecule has 19 heavy (non-hydrogen) atoms. The summed E-state index contributed by atoms with van der Waals surface area (Å²) in [5.74, 6) is -0.436. The predicted octanol–water partition coefficient (Wildman–Crippen LogP) is 3.13. The first-order valence-corrected chi connectivity index (χ1v) is 6.82. The molecule has 0 radical (unpaired) electrons. The number of para-hydroxylation sites is 1. The summed E-state index contributed by atoms with van der Waals surface area (Å²) in [4.78, 5) is 12.3. The smallest absolute Gasteiger partial charge is 0.233 e. The highest BCUT2D eigenvalue weighted by Gasteiger charge is 2.19. The van der Waals surface area contributed by atoms with Crippen LogP contribution in [-0.4, -0.2) is 12.5 Å². The van der Waals surface area contributed by atoms with Gasteiger partial charge in [-0.2, -0.15) is 0 Å². The Morgan fingerprint density at radius 1 is 1.11 bits per heavy atom. The number of anilines is 1. The maximum atomic E-state index is 12.3. The fourth-order valence-electron chi connectivity index (χ4n) is 1.86. The Balaban J connectivity index is 2.17. The molecule has 0 saturated heterocycles. The van der Waals surface area contributed by atoms with Crippen molar-refractivity contribution in [1.29, 1.82) is 0 Å². The molecule has 2 aromatic rings. The van der Waals surface area contributed by atoms with Gasteiger partial charge in [0.1, 0.15) is 0 Å². The first kappa shape index (κ1) is 13.8. The van der Waals surface area contributed by atoms with Crippen molar-refractivity contribution >= 4 is 27.5 Å². The molecule has 0 spiro atoms. The monoisotopic (exact) mass is 318 g/mol. The molecule has 0 bridgehead atoms. The maximum absolute atomic E-state index is 12.3. The van der Waals surface area contributed by atoms with Crippen LogP contribution in [0.2, 0.25) is 0 Å². The van der Waals surface area contributed by atoms with Gasteiger partial charge >= 0.3 is 0 Å². The van der Waals surface area contributed by atoms with Crippen LogP contribution in [0.4, 0.5) is 5.69 Å². The van der Waals surface area contributed by atoms with Crippen molar-refractivity contribution in [1.82, 2.24) is 0 Å². The minimum Gasteiger partial charge on any atom is -0.329 e. The number of nitrogens with one attached hydrogen (secondary N) is 1. The van der Waals surface area contributed by atoms with E-state index < -0.39 is 0 Å². The van der Waals surface area contributed by atoms with Crippen molar-refractivity contribution in [3.8, 4) is 0 Å². The fraction of sp³-hybridized carbons (Fsp3) is 0.133. The molecule has 0 aliphatic rings. The van der Waals surface area contributed by atoms with Crippen molar-refractivity contribution in [2.75, 3.05) is 11.9 Å². The fourth-order valence-corrected chi connectivity index (χ4v) is 2.25. The van der Waals surface area contributed by atoms with Crippen molar-refractivity contribution < 1.29 is 4.79 Å². The van der Waals surface area contributed by atoms with E-state index in [9.17, 15) is 4.79 Å². The summed E-state index contributed by atoms with van der Waals surface area (Å²) in [5, 5.41) is 2.89. The van der Waals surface area contributed by atoms with Gasteiger partial charge in [0.05, 0.1) is 11.6 Å². The number of nitrogens with two attached hydrogens (primary N) is 1. The summed E-state index contributed by atoms with van der Waals surface area (Å²) in [6.07, 6.45) is 0. The highest BCUT2D eigenvalue weighted by Crippen LogP contribution is 2.23. The predicted molar refractivity (Wildman–Crippen MR) is 81.0 cm³/mol. The van der Waals surface area contributed by atoms with Gasteiger partial charge in [-0.05, 0) is 33.6 Å². The number of carbonyl (C=O) groups excluding carboxylic acids is 1. The van der Waals surface area contributed by atoms with E-state index in [1.807, 2.05) is 54.6 Å². The van der Waals surface area contributed by atoms with E-state index in [1.165, 1.54) is 0 Å². The SMILES string of the molecule is NCC(C(=O)Nc1ccccc1Br)c1ccccc1. The summed E-state index contributed by atoms with van der Waals surface area (Å²) in [7, 11) is 0. The van der Waals surface area contributed by atoms with Crippen LogP contribution in [0.1, 0.15) is 11.5 Å². The van der Waals surface area contributed by atoms with Gasteiger partial charge in [0, 0.05) is 11.0 Å². The van der Waals surface area contributed by atoms with Crippen LogP contribution in [0.25, 0.3) is 0 Å². The quantitative estimate of drug-likeness (QED) is 0.910. The molecule has 0 saturated carbocycles. The zero-order chi connectivity index (χ0) is 13.7. The Morgan fingerprint density at radius 2 is 1.74 bits per heavy atom. The van der Waals surface area contributed by atoms with E-state index in [-0.39, 0.29) is 18.4 Å². The third kappa shape index (κ3) is 3.43. The summed E-state index contributed by atoms with van der Waals surface area (Å²) in [6, 6.07) is 17.1. The molecule has 98 valence electrons. The Morgan fingerprint density at radius 3 is 2.37 bits per heavy atom. The number of carbonyl (C=O) groups is 1. The molecule has 0 aliphatic carbocycles. The standard InChI is InChI=1S/C15H15BrN2O/c16-13-8-4-5-9-14(13)18-15(19)12(10-17)11-6-2-1-3-7-11/h1-9,12H,10,17H2,(H,18,19). The van der Waals surface area contributed by atoms with Crippen LogP contribution in [0.5, 0.6) is 0 Å². The van der Waals surface area contributed by atoms with Gasteiger partial charge in [-0.25, -0.2) is 0 Å². The number of benzene rings is 2. The van der Waals surface area contributed by atoms with Crippen LogP contribution in [0.15, 0.2) is 59.1 Å². The Labute approximate surface area is 121 Å². The van der Waals surface area contributed by atoms with E-state index in [0.717, 1.165) is 15.7 Å². The lowest BCUT2D eigenvalue weighted by Gasteiger charge is -2.16. The molecule has 3 N–H and O–H groups in total. The van der Waals surface area contributed by atoms with Crippen molar-refractivity contribution in [3.63, 3.8) is 0 Å². The van der Waals surface area contributed by atoms with E-state index >= 15 is 0 Å². The number of hydrogen-bond donors (Lipinski definition) is 2. The molecule has 2 rings (SSSR count). The molecular weight excluding hydrogens is 304 g/mol. The van der Waals surface area contributed by atoms with Crippen molar-refractivity contribution in [2.45, 2.75) is 5.92 Å². The molecule has 0 fully saturated rings. The van der Waals surface area contributed by atoms with Gasteiger partial charge in [0.15, 0.2) is 0 Å². The average Bonchev–Trinajstić information content (AvgIpc) is 2.43. The molecule has 1 atom stereocenters. The minimum absolute atomic E-state index is 0.0967.